The molecular formula is C22H30Cl2N4O4. The summed E-state index contributed by atoms with van der Waals surface area (Å²) in [6, 6.07) is -0.839. The van der Waals surface area contributed by atoms with E-state index in [4.69, 9.17) is 39.4 Å². The minimum atomic E-state index is -0.839. The van der Waals surface area contributed by atoms with Crippen LogP contribution in [0.15, 0.2) is 45.3 Å². The fourth-order valence-corrected chi connectivity index (χ4v) is 3.92. The molecule has 0 heterocycles. The molecule has 2 atom stereocenters. The number of halogens is 2. The highest BCUT2D eigenvalue weighted by molar-refractivity contribution is 6.35. The lowest BCUT2D eigenvalue weighted by molar-refractivity contribution is -0.143. The number of rotatable bonds is 11. The van der Waals surface area contributed by atoms with Gasteiger partial charge in [0.2, 0.25) is 11.8 Å². The van der Waals surface area contributed by atoms with Crippen LogP contribution in [0.3, 0.4) is 0 Å². The molecule has 176 valence electrons. The van der Waals surface area contributed by atoms with Gasteiger partial charge in [-0.2, -0.15) is 0 Å². The van der Waals surface area contributed by atoms with Crippen molar-refractivity contribution in [2.75, 3.05) is 13.2 Å². The van der Waals surface area contributed by atoms with Gasteiger partial charge in [-0.1, -0.05) is 42.3 Å². The molecule has 0 fully saturated rings. The first kappa shape index (κ1) is 26.0. The second kappa shape index (κ2) is 12.7. The van der Waals surface area contributed by atoms with Gasteiger partial charge in [0.1, 0.15) is 6.61 Å². The number of esters is 1. The summed E-state index contributed by atoms with van der Waals surface area (Å²) in [6.07, 6.45) is 8.48. The lowest BCUT2D eigenvalue weighted by Gasteiger charge is -2.25. The topological polar surface area (TPSA) is 137 Å². The SMILES string of the molecule is CC1CC=CC(NC2=C(Cl)CCC=C2Cl)=C1CC(=O)OCCNC(=O)[C@@H](N)CCC(N)=O. The van der Waals surface area contributed by atoms with Crippen molar-refractivity contribution >= 4 is 41.0 Å². The minimum absolute atomic E-state index is 0.0128. The first-order chi connectivity index (χ1) is 15.2. The molecule has 1 unspecified atom stereocenters. The van der Waals surface area contributed by atoms with Crippen molar-refractivity contribution in [3.8, 4) is 0 Å². The lowest BCUT2D eigenvalue weighted by atomic mass is 9.89. The molecule has 10 heteroatoms. The lowest BCUT2D eigenvalue weighted by Crippen LogP contribution is -2.42. The second-order valence-corrected chi connectivity index (χ2v) is 8.64. The highest BCUT2D eigenvalue weighted by Gasteiger charge is 2.22. The molecule has 2 rings (SSSR count). The van der Waals surface area contributed by atoms with Crippen LogP contribution in [0, 0.1) is 5.92 Å². The molecule has 0 spiro atoms. The Bertz CT molecular complexity index is 864. The number of amides is 2. The van der Waals surface area contributed by atoms with E-state index >= 15 is 0 Å². The van der Waals surface area contributed by atoms with Gasteiger partial charge < -0.3 is 26.8 Å². The summed E-state index contributed by atoms with van der Waals surface area (Å²) in [7, 11) is 0. The molecule has 0 aromatic rings. The molecule has 8 nitrogen and oxygen atoms in total. The molecular weight excluding hydrogens is 455 g/mol. The van der Waals surface area contributed by atoms with Crippen LogP contribution in [0.5, 0.6) is 0 Å². The van der Waals surface area contributed by atoms with Crippen LogP contribution in [0.2, 0.25) is 0 Å². The van der Waals surface area contributed by atoms with Gasteiger partial charge >= 0.3 is 5.97 Å². The summed E-state index contributed by atoms with van der Waals surface area (Å²) in [5.74, 6) is -1.20. The third-order valence-corrected chi connectivity index (χ3v) is 5.93. The van der Waals surface area contributed by atoms with Crippen molar-refractivity contribution < 1.29 is 19.1 Å². The van der Waals surface area contributed by atoms with E-state index in [9.17, 15) is 14.4 Å². The number of nitrogens with two attached hydrogens (primary N) is 2. The van der Waals surface area contributed by atoms with Crippen LogP contribution >= 0.6 is 23.2 Å². The molecule has 0 radical (unpaired) electrons. The molecule has 0 saturated carbocycles. The number of carbonyl (C=O) groups excluding carboxylic acids is 3. The van der Waals surface area contributed by atoms with E-state index in [1.54, 1.807) is 0 Å². The van der Waals surface area contributed by atoms with E-state index in [0.29, 0.717) is 22.2 Å². The predicted molar refractivity (Wildman–Crippen MR) is 124 cm³/mol. The van der Waals surface area contributed by atoms with Crippen molar-refractivity contribution in [2.45, 2.75) is 51.5 Å². The molecule has 6 N–H and O–H groups in total. The summed E-state index contributed by atoms with van der Waals surface area (Å²) in [5.41, 5.74) is 13.1. The van der Waals surface area contributed by atoms with Crippen molar-refractivity contribution in [3.63, 3.8) is 0 Å². The van der Waals surface area contributed by atoms with Gasteiger partial charge in [-0.15, -0.1) is 0 Å². The minimum Gasteiger partial charge on any atom is -0.464 e. The number of carbonyl (C=O) groups is 3. The van der Waals surface area contributed by atoms with E-state index in [1.807, 2.05) is 25.2 Å². The molecule has 0 saturated heterocycles. The fourth-order valence-electron chi connectivity index (χ4n) is 3.35. The molecule has 0 aromatic heterocycles. The largest absolute Gasteiger partial charge is 0.464 e. The Morgan fingerprint density at radius 3 is 2.75 bits per heavy atom. The Balaban J connectivity index is 1.88. The van der Waals surface area contributed by atoms with Gasteiger partial charge in [-0.05, 0) is 43.3 Å². The van der Waals surface area contributed by atoms with Crippen molar-refractivity contribution in [3.05, 3.63) is 45.3 Å². The molecule has 0 bridgehead atoms. The molecule has 0 aliphatic heterocycles. The Kier molecular flexibility index (Phi) is 10.3. The monoisotopic (exact) mass is 484 g/mol. The Labute approximate surface area is 198 Å². The maximum atomic E-state index is 12.4. The summed E-state index contributed by atoms with van der Waals surface area (Å²) in [5, 5.41) is 7.08. The van der Waals surface area contributed by atoms with Gasteiger partial charge in [0.25, 0.3) is 0 Å². The van der Waals surface area contributed by atoms with Crippen molar-refractivity contribution in [2.24, 2.45) is 17.4 Å². The zero-order chi connectivity index (χ0) is 23.7. The van der Waals surface area contributed by atoms with Crippen LogP contribution in [0.1, 0.15) is 45.4 Å². The van der Waals surface area contributed by atoms with Gasteiger partial charge in [0.15, 0.2) is 0 Å². The number of primary amides is 1. The van der Waals surface area contributed by atoms with Crippen LogP contribution in [-0.2, 0) is 19.1 Å². The average Bonchev–Trinajstić information content (AvgIpc) is 2.74. The maximum absolute atomic E-state index is 12.4. The predicted octanol–water partition coefficient (Wildman–Crippen LogP) is 2.44. The number of hydrogen-bond acceptors (Lipinski definition) is 6. The van der Waals surface area contributed by atoms with Crippen LogP contribution in [0.4, 0.5) is 0 Å². The smallest absolute Gasteiger partial charge is 0.310 e. The zero-order valence-corrected chi connectivity index (χ0v) is 19.6. The average molecular weight is 485 g/mol. The third kappa shape index (κ3) is 8.00. The number of hydrogen-bond donors (Lipinski definition) is 4. The highest BCUT2D eigenvalue weighted by Crippen LogP contribution is 2.32. The van der Waals surface area contributed by atoms with E-state index < -0.39 is 23.8 Å². The zero-order valence-electron chi connectivity index (χ0n) is 18.1. The van der Waals surface area contributed by atoms with E-state index in [0.717, 1.165) is 24.1 Å². The first-order valence-corrected chi connectivity index (χ1v) is 11.3. The number of nitrogens with one attached hydrogen (secondary N) is 2. The number of allylic oxidation sites excluding steroid dienone is 5. The fraction of sp³-hybridized carbons (Fsp3) is 0.500. The first-order valence-electron chi connectivity index (χ1n) is 10.6. The van der Waals surface area contributed by atoms with Gasteiger partial charge in [-0.3, -0.25) is 14.4 Å². The van der Waals surface area contributed by atoms with E-state index in [-0.39, 0.29) is 38.3 Å². The Morgan fingerprint density at radius 2 is 2.06 bits per heavy atom. The Morgan fingerprint density at radius 1 is 1.31 bits per heavy atom. The standard InChI is InChI=1S/C22H30Cl2N4O4/c1-13-4-2-7-18(28-21-15(23)5-3-6-16(21)24)14(13)12-20(30)32-11-10-27-22(31)17(25)8-9-19(26)29/h2,5,7,13,17,28H,3-4,6,8-12,25H2,1H3,(H2,26,29)(H,27,31)/t13?,17-/m0/s1. The summed E-state index contributed by atoms with van der Waals surface area (Å²) in [6.45, 7) is 2.17. The molecule has 0 aromatic carbocycles. The van der Waals surface area contributed by atoms with Crippen LogP contribution in [-0.4, -0.2) is 37.0 Å². The highest BCUT2D eigenvalue weighted by atomic mass is 35.5. The Hall–Kier alpha value is -2.29. The summed E-state index contributed by atoms with van der Waals surface area (Å²) < 4.78 is 5.27. The van der Waals surface area contributed by atoms with Crippen molar-refractivity contribution in [1.29, 1.82) is 0 Å². The number of ether oxygens (including phenoxy) is 1. The quantitative estimate of drug-likeness (QED) is 0.262. The van der Waals surface area contributed by atoms with Crippen LogP contribution < -0.4 is 22.1 Å². The van der Waals surface area contributed by atoms with Crippen LogP contribution in [0.25, 0.3) is 0 Å². The molecule has 32 heavy (non-hydrogen) atoms. The van der Waals surface area contributed by atoms with Crippen molar-refractivity contribution in [1.82, 2.24) is 10.6 Å². The molecule has 2 amide bonds. The summed E-state index contributed by atoms with van der Waals surface area (Å²) in [4.78, 5) is 35.0. The second-order valence-electron chi connectivity index (χ2n) is 7.77. The normalized spacial score (nSPS) is 19.4. The molecule has 2 aliphatic rings. The summed E-state index contributed by atoms with van der Waals surface area (Å²) >= 11 is 12.6. The van der Waals surface area contributed by atoms with E-state index in [2.05, 4.69) is 10.6 Å². The van der Waals surface area contributed by atoms with Gasteiger partial charge in [-0.25, -0.2) is 0 Å². The third-order valence-electron chi connectivity index (χ3n) is 5.21. The van der Waals surface area contributed by atoms with Gasteiger partial charge in [0, 0.05) is 17.2 Å². The maximum Gasteiger partial charge on any atom is 0.310 e. The van der Waals surface area contributed by atoms with Gasteiger partial charge in [0.05, 0.1) is 29.7 Å². The van der Waals surface area contributed by atoms with E-state index in [1.165, 1.54) is 0 Å². The molecule has 2 aliphatic carbocycles.